The minimum absolute atomic E-state index is 0.505. The molecule has 0 bridgehead atoms. The van der Waals surface area contributed by atoms with E-state index in [4.69, 9.17) is 0 Å². The van der Waals surface area contributed by atoms with Crippen molar-refractivity contribution in [1.82, 2.24) is 5.32 Å². The topological polar surface area (TPSA) is 12.0 Å². The number of rotatable bonds is 1. The van der Waals surface area contributed by atoms with Crippen LogP contribution in [0.15, 0.2) is 18.2 Å². The Morgan fingerprint density at radius 1 is 1.36 bits per heavy atom. The Hall–Kier alpha value is -0.470. The predicted octanol–water partition coefficient (Wildman–Crippen LogP) is 3.03. The van der Waals surface area contributed by atoms with Crippen LogP contribution in [0.5, 0.6) is 0 Å². The van der Waals surface area contributed by atoms with Crippen molar-refractivity contribution in [2.24, 2.45) is 0 Å². The van der Waals surface area contributed by atoms with E-state index in [1.165, 1.54) is 16.7 Å². The van der Waals surface area contributed by atoms with Gasteiger partial charge in [-0.3, -0.25) is 0 Å². The molecule has 0 saturated carbocycles. The molecule has 0 aromatic heterocycles. The fourth-order valence-electron chi connectivity index (χ4n) is 1.84. The second-order valence-corrected chi connectivity index (χ2v) is 5.57. The van der Waals surface area contributed by atoms with E-state index in [2.05, 4.69) is 44.3 Å². The molecular weight excluding hydrogens is 190 g/mol. The van der Waals surface area contributed by atoms with E-state index in [1.54, 1.807) is 0 Å². The summed E-state index contributed by atoms with van der Waals surface area (Å²) in [4.78, 5) is 0. The Balaban J connectivity index is 2.28. The lowest BCUT2D eigenvalue weighted by molar-refractivity contribution is 0.714. The van der Waals surface area contributed by atoms with Gasteiger partial charge in [0.2, 0.25) is 0 Å². The minimum atomic E-state index is 0.505. The first-order valence-corrected chi connectivity index (χ1v) is 6.07. The molecule has 2 unspecified atom stereocenters. The maximum Gasteiger partial charge on any atom is 0.0795 e. The Morgan fingerprint density at radius 2 is 2.14 bits per heavy atom. The van der Waals surface area contributed by atoms with E-state index in [0.29, 0.717) is 5.37 Å². The number of nitrogens with one attached hydrogen (secondary N) is 1. The number of hydrogen-bond donors (Lipinski definition) is 1. The average Bonchev–Trinajstić information content (AvgIpc) is 2.57. The van der Waals surface area contributed by atoms with E-state index in [0.717, 1.165) is 11.8 Å². The molecule has 0 amide bonds. The third kappa shape index (κ3) is 1.82. The zero-order valence-corrected chi connectivity index (χ0v) is 9.82. The molecule has 1 aromatic carbocycles. The SMILES string of the molecule is Cc1cccc(C2NCC(C)S2)c1C. The third-order valence-corrected chi connectivity index (χ3v) is 4.21. The highest BCUT2D eigenvalue weighted by Gasteiger charge is 2.23. The van der Waals surface area contributed by atoms with Crippen molar-refractivity contribution < 1.29 is 0 Å². The van der Waals surface area contributed by atoms with Crippen LogP contribution in [0.4, 0.5) is 0 Å². The second-order valence-electron chi connectivity index (χ2n) is 4.02. The highest BCUT2D eigenvalue weighted by Crippen LogP contribution is 2.36. The van der Waals surface area contributed by atoms with Crippen LogP contribution in [-0.4, -0.2) is 11.8 Å². The lowest BCUT2D eigenvalue weighted by atomic mass is 10.0. The third-order valence-electron chi connectivity index (χ3n) is 2.89. The van der Waals surface area contributed by atoms with Crippen molar-refractivity contribution in [3.8, 4) is 0 Å². The summed E-state index contributed by atoms with van der Waals surface area (Å²) in [5.74, 6) is 0. The highest BCUT2D eigenvalue weighted by molar-refractivity contribution is 8.00. The van der Waals surface area contributed by atoms with Crippen LogP contribution in [0.25, 0.3) is 0 Å². The van der Waals surface area contributed by atoms with Crippen LogP contribution in [-0.2, 0) is 0 Å². The van der Waals surface area contributed by atoms with Gasteiger partial charge in [-0.1, -0.05) is 25.1 Å². The molecule has 1 nitrogen and oxygen atoms in total. The van der Waals surface area contributed by atoms with E-state index < -0.39 is 0 Å². The van der Waals surface area contributed by atoms with Gasteiger partial charge in [-0.15, -0.1) is 11.8 Å². The molecule has 2 rings (SSSR count). The molecule has 0 spiro atoms. The van der Waals surface area contributed by atoms with Gasteiger partial charge in [-0.05, 0) is 30.5 Å². The van der Waals surface area contributed by atoms with E-state index in [1.807, 2.05) is 11.8 Å². The van der Waals surface area contributed by atoms with Crippen molar-refractivity contribution in [3.05, 3.63) is 34.9 Å². The largest absolute Gasteiger partial charge is 0.301 e. The maximum absolute atomic E-state index is 3.55. The Kier molecular flexibility index (Phi) is 2.84. The molecule has 0 aliphatic carbocycles. The summed E-state index contributed by atoms with van der Waals surface area (Å²) in [5.41, 5.74) is 4.29. The Bertz CT molecular complexity index is 335. The van der Waals surface area contributed by atoms with Crippen LogP contribution in [0, 0.1) is 13.8 Å². The fourth-order valence-corrected chi connectivity index (χ4v) is 3.09. The molecule has 1 heterocycles. The summed E-state index contributed by atoms with van der Waals surface area (Å²) in [6.45, 7) is 7.81. The highest BCUT2D eigenvalue weighted by atomic mass is 32.2. The first-order chi connectivity index (χ1) is 6.68. The molecule has 1 aliphatic heterocycles. The van der Waals surface area contributed by atoms with Gasteiger partial charge < -0.3 is 5.32 Å². The smallest absolute Gasteiger partial charge is 0.0795 e. The number of benzene rings is 1. The fraction of sp³-hybridized carbons (Fsp3) is 0.500. The molecule has 1 aliphatic rings. The van der Waals surface area contributed by atoms with Crippen molar-refractivity contribution in [2.75, 3.05) is 6.54 Å². The molecule has 2 atom stereocenters. The average molecular weight is 207 g/mol. The molecule has 1 saturated heterocycles. The summed E-state index contributed by atoms with van der Waals surface area (Å²) in [6.07, 6.45) is 0. The van der Waals surface area contributed by atoms with E-state index in [9.17, 15) is 0 Å². The molecule has 0 radical (unpaired) electrons. The van der Waals surface area contributed by atoms with Crippen LogP contribution in [0.1, 0.15) is 29.0 Å². The summed E-state index contributed by atoms with van der Waals surface area (Å²) in [6, 6.07) is 6.58. The van der Waals surface area contributed by atoms with Gasteiger partial charge >= 0.3 is 0 Å². The van der Waals surface area contributed by atoms with Gasteiger partial charge in [-0.25, -0.2) is 0 Å². The molecule has 14 heavy (non-hydrogen) atoms. The maximum atomic E-state index is 3.55. The van der Waals surface area contributed by atoms with Crippen LogP contribution in [0.2, 0.25) is 0 Å². The van der Waals surface area contributed by atoms with Crippen molar-refractivity contribution >= 4 is 11.8 Å². The standard InChI is InChI=1S/C12H17NS/c1-8-5-4-6-11(10(8)3)12-13-7-9(2)14-12/h4-6,9,12-13H,7H2,1-3H3. The molecular formula is C12H17NS. The van der Waals surface area contributed by atoms with Crippen molar-refractivity contribution in [1.29, 1.82) is 0 Å². The van der Waals surface area contributed by atoms with Gasteiger partial charge in [0.05, 0.1) is 5.37 Å². The predicted molar refractivity (Wildman–Crippen MR) is 63.7 cm³/mol. The zero-order chi connectivity index (χ0) is 10.1. The monoisotopic (exact) mass is 207 g/mol. The van der Waals surface area contributed by atoms with Gasteiger partial charge in [0.15, 0.2) is 0 Å². The Labute approximate surface area is 90.3 Å². The summed E-state index contributed by atoms with van der Waals surface area (Å²) >= 11 is 2.03. The summed E-state index contributed by atoms with van der Waals surface area (Å²) < 4.78 is 0. The van der Waals surface area contributed by atoms with Gasteiger partial charge in [-0.2, -0.15) is 0 Å². The first kappa shape index (κ1) is 10.1. The minimum Gasteiger partial charge on any atom is -0.301 e. The normalized spacial score (nSPS) is 26.8. The molecule has 1 N–H and O–H groups in total. The Morgan fingerprint density at radius 3 is 2.79 bits per heavy atom. The van der Waals surface area contributed by atoms with Crippen molar-refractivity contribution in [2.45, 2.75) is 31.4 Å². The number of aryl methyl sites for hydroxylation is 1. The lowest BCUT2D eigenvalue weighted by Gasteiger charge is -2.14. The van der Waals surface area contributed by atoms with Gasteiger partial charge in [0.1, 0.15) is 0 Å². The lowest BCUT2D eigenvalue weighted by Crippen LogP contribution is -2.14. The molecule has 2 heteroatoms. The van der Waals surface area contributed by atoms with Gasteiger partial charge in [0.25, 0.3) is 0 Å². The van der Waals surface area contributed by atoms with Gasteiger partial charge in [0, 0.05) is 11.8 Å². The first-order valence-electron chi connectivity index (χ1n) is 5.13. The quantitative estimate of drug-likeness (QED) is 0.759. The van der Waals surface area contributed by atoms with E-state index >= 15 is 0 Å². The van der Waals surface area contributed by atoms with E-state index in [-0.39, 0.29) is 0 Å². The van der Waals surface area contributed by atoms with Crippen LogP contribution >= 0.6 is 11.8 Å². The van der Waals surface area contributed by atoms with Crippen LogP contribution in [0.3, 0.4) is 0 Å². The molecule has 1 fully saturated rings. The van der Waals surface area contributed by atoms with Crippen molar-refractivity contribution in [3.63, 3.8) is 0 Å². The number of hydrogen-bond acceptors (Lipinski definition) is 2. The molecule has 1 aromatic rings. The number of thioether (sulfide) groups is 1. The second kappa shape index (κ2) is 3.95. The molecule has 76 valence electrons. The summed E-state index contributed by atoms with van der Waals surface area (Å²) in [7, 11) is 0. The van der Waals surface area contributed by atoms with Crippen LogP contribution < -0.4 is 5.32 Å². The zero-order valence-electron chi connectivity index (χ0n) is 9.00. The summed E-state index contributed by atoms with van der Waals surface area (Å²) in [5, 5.41) is 4.79.